The molecule has 4 atom stereocenters. The fraction of sp³-hybridized carbons (Fsp3) is 0.533. The first-order valence-corrected chi connectivity index (χ1v) is 7.73. The summed E-state index contributed by atoms with van der Waals surface area (Å²) in [5.74, 6) is -1.24. The average Bonchev–Trinajstić information content (AvgIpc) is 2.98. The van der Waals surface area contributed by atoms with Gasteiger partial charge in [-0.05, 0) is 44.4 Å². The Morgan fingerprint density at radius 2 is 2.25 bits per heavy atom. The monoisotopic (exact) mass is 341 g/mol. The zero-order valence-electron chi connectivity index (χ0n) is 11.2. The zero-order valence-corrected chi connectivity index (χ0v) is 12.8. The molecule has 4 unspecified atom stereocenters. The molecule has 20 heavy (non-hydrogen) atoms. The van der Waals surface area contributed by atoms with Crippen LogP contribution in [0, 0.1) is 11.7 Å². The number of fused-ring (bicyclic) bond motifs is 2. The van der Waals surface area contributed by atoms with E-state index in [1.165, 1.54) is 6.07 Å². The summed E-state index contributed by atoms with van der Waals surface area (Å²) in [5, 5.41) is 9.30. The maximum Gasteiger partial charge on any atom is 0.308 e. The second-order valence-electron chi connectivity index (χ2n) is 5.77. The lowest BCUT2D eigenvalue weighted by molar-refractivity contribution is -0.142. The topological polar surface area (TPSA) is 40.5 Å². The zero-order chi connectivity index (χ0) is 14.4. The molecule has 1 aromatic carbocycles. The molecule has 0 saturated carbocycles. The standard InChI is InChI=1S/C15H17BrFNO2/c1-8(11-6-9(16)2-4-13(11)17)18-10-3-5-14(18)12(7-10)15(19)20/h2,4,6,8,10,12,14H,3,5,7H2,1H3,(H,19,20). The number of carboxylic acid groups (broad SMARTS) is 1. The van der Waals surface area contributed by atoms with Crippen LogP contribution in [0.5, 0.6) is 0 Å². The van der Waals surface area contributed by atoms with Gasteiger partial charge in [0.15, 0.2) is 0 Å². The van der Waals surface area contributed by atoms with E-state index in [4.69, 9.17) is 0 Å². The summed E-state index contributed by atoms with van der Waals surface area (Å²) in [6.45, 7) is 1.97. The molecule has 3 rings (SSSR count). The summed E-state index contributed by atoms with van der Waals surface area (Å²) in [6.07, 6.45) is 2.62. The number of benzene rings is 1. The number of nitrogens with zero attached hydrogens (tertiary/aromatic N) is 1. The van der Waals surface area contributed by atoms with E-state index in [0.717, 1.165) is 17.3 Å². The molecule has 2 aliphatic rings. The number of rotatable bonds is 3. The van der Waals surface area contributed by atoms with Crippen LogP contribution in [-0.4, -0.2) is 28.1 Å². The SMILES string of the molecule is CC(c1cc(Br)ccc1F)N1C2CCC1C(C(=O)O)C2. The normalized spacial score (nSPS) is 30.6. The van der Waals surface area contributed by atoms with E-state index in [2.05, 4.69) is 20.8 Å². The lowest BCUT2D eigenvalue weighted by Gasteiger charge is -2.30. The van der Waals surface area contributed by atoms with Crippen LogP contribution in [0.4, 0.5) is 4.39 Å². The van der Waals surface area contributed by atoms with Gasteiger partial charge in [0.1, 0.15) is 5.82 Å². The predicted molar refractivity (Wildman–Crippen MR) is 76.9 cm³/mol. The first-order chi connectivity index (χ1) is 9.49. The van der Waals surface area contributed by atoms with Crippen molar-refractivity contribution in [2.75, 3.05) is 0 Å². The minimum Gasteiger partial charge on any atom is -0.481 e. The molecule has 2 aliphatic heterocycles. The van der Waals surface area contributed by atoms with Crippen molar-refractivity contribution in [2.45, 2.75) is 44.3 Å². The van der Waals surface area contributed by atoms with E-state index in [0.29, 0.717) is 12.0 Å². The Morgan fingerprint density at radius 3 is 2.90 bits per heavy atom. The van der Waals surface area contributed by atoms with Crippen LogP contribution in [0.25, 0.3) is 0 Å². The third-order valence-corrected chi connectivity index (χ3v) is 5.26. The Kier molecular flexibility index (Phi) is 3.58. The van der Waals surface area contributed by atoms with Gasteiger partial charge in [0.25, 0.3) is 0 Å². The number of halogens is 2. The van der Waals surface area contributed by atoms with Gasteiger partial charge in [0, 0.05) is 28.2 Å². The average molecular weight is 342 g/mol. The van der Waals surface area contributed by atoms with Gasteiger partial charge in [-0.2, -0.15) is 0 Å². The van der Waals surface area contributed by atoms with Crippen LogP contribution in [-0.2, 0) is 4.79 Å². The van der Waals surface area contributed by atoms with Crippen molar-refractivity contribution >= 4 is 21.9 Å². The highest BCUT2D eigenvalue weighted by Gasteiger charge is 2.51. The third kappa shape index (κ3) is 2.17. The number of hydrogen-bond donors (Lipinski definition) is 1. The molecule has 2 saturated heterocycles. The van der Waals surface area contributed by atoms with Gasteiger partial charge < -0.3 is 5.11 Å². The van der Waals surface area contributed by atoms with Crippen LogP contribution in [0.2, 0.25) is 0 Å². The van der Waals surface area contributed by atoms with Crippen LogP contribution in [0.15, 0.2) is 22.7 Å². The third-order valence-electron chi connectivity index (χ3n) is 4.76. The molecule has 0 radical (unpaired) electrons. The maximum absolute atomic E-state index is 14.0. The summed E-state index contributed by atoms with van der Waals surface area (Å²) in [5.41, 5.74) is 0.641. The van der Waals surface area contributed by atoms with Crippen LogP contribution in [0.3, 0.4) is 0 Å². The largest absolute Gasteiger partial charge is 0.481 e. The molecule has 0 aromatic heterocycles. The molecule has 1 aromatic rings. The van der Waals surface area contributed by atoms with E-state index in [1.54, 1.807) is 12.1 Å². The molecule has 5 heteroatoms. The van der Waals surface area contributed by atoms with E-state index in [-0.39, 0.29) is 29.9 Å². The Labute approximate surface area is 125 Å². The smallest absolute Gasteiger partial charge is 0.308 e. The highest BCUT2D eigenvalue weighted by atomic mass is 79.9. The molecule has 108 valence electrons. The molecule has 3 nitrogen and oxygen atoms in total. The molecule has 2 bridgehead atoms. The van der Waals surface area contributed by atoms with Crippen molar-refractivity contribution < 1.29 is 14.3 Å². The summed E-state index contributed by atoms with van der Waals surface area (Å²) in [7, 11) is 0. The minimum absolute atomic E-state index is 0.0471. The highest BCUT2D eigenvalue weighted by Crippen LogP contribution is 2.46. The summed E-state index contributed by atoms with van der Waals surface area (Å²) >= 11 is 3.37. The van der Waals surface area contributed by atoms with Gasteiger partial charge in [0.2, 0.25) is 0 Å². The van der Waals surface area contributed by atoms with Crippen molar-refractivity contribution in [1.82, 2.24) is 4.90 Å². The second kappa shape index (κ2) is 5.11. The number of carbonyl (C=O) groups is 1. The Balaban J connectivity index is 1.90. The van der Waals surface area contributed by atoms with Gasteiger partial charge in [-0.15, -0.1) is 0 Å². The Bertz CT molecular complexity index is 551. The second-order valence-corrected chi connectivity index (χ2v) is 6.68. The minimum atomic E-state index is -0.718. The lowest BCUT2D eigenvalue weighted by Crippen LogP contribution is -2.35. The Morgan fingerprint density at radius 1 is 1.50 bits per heavy atom. The highest BCUT2D eigenvalue weighted by molar-refractivity contribution is 9.10. The number of aliphatic carboxylic acids is 1. The maximum atomic E-state index is 14.0. The molecular weight excluding hydrogens is 325 g/mol. The predicted octanol–water partition coefficient (Wildman–Crippen LogP) is 3.59. The molecule has 0 spiro atoms. The van der Waals surface area contributed by atoms with Gasteiger partial charge in [0.05, 0.1) is 5.92 Å². The fourth-order valence-corrected chi connectivity index (χ4v) is 4.27. The molecule has 1 N–H and O–H groups in total. The summed E-state index contributed by atoms with van der Waals surface area (Å²) in [4.78, 5) is 13.5. The summed E-state index contributed by atoms with van der Waals surface area (Å²) < 4.78 is 14.9. The first kappa shape index (κ1) is 14.0. The van der Waals surface area contributed by atoms with Crippen molar-refractivity contribution in [3.05, 3.63) is 34.1 Å². The van der Waals surface area contributed by atoms with Crippen LogP contribution < -0.4 is 0 Å². The molecule has 0 amide bonds. The lowest BCUT2D eigenvalue weighted by atomic mass is 9.89. The molecule has 2 heterocycles. The van der Waals surface area contributed by atoms with Crippen LogP contribution >= 0.6 is 15.9 Å². The van der Waals surface area contributed by atoms with Crippen LogP contribution in [0.1, 0.15) is 37.8 Å². The van der Waals surface area contributed by atoms with Crippen molar-refractivity contribution in [3.63, 3.8) is 0 Å². The molecule has 2 fully saturated rings. The molecule has 0 aliphatic carbocycles. The van der Waals surface area contributed by atoms with E-state index in [9.17, 15) is 14.3 Å². The van der Waals surface area contributed by atoms with E-state index in [1.807, 2.05) is 6.92 Å². The number of hydrogen-bond acceptors (Lipinski definition) is 2. The van der Waals surface area contributed by atoms with E-state index < -0.39 is 5.97 Å². The quantitative estimate of drug-likeness (QED) is 0.913. The van der Waals surface area contributed by atoms with E-state index >= 15 is 0 Å². The molecular formula is C15H17BrFNO2. The van der Waals surface area contributed by atoms with Crippen molar-refractivity contribution in [3.8, 4) is 0 Å². The fourth-order valence-electron chi connectivity index (χ4n) is 3.90. The van der Waals surface area contributed by atoms with Gasteiger partial charge in [-0.1, -0.05) is 15.9 Å². The van der Waals surface area contributed by atoms with Crippen molar-refractivity contribution in [2.24, 2.45) is 5.92 Å². The van der Waals surface area contributed by atoms with Gasteiger partial charge in [-0.3, -0.25) is 9.69 Å². The van der Waals surface area contributed by atoms with Gasteiger partial charge >= 0.3 is 5.97 Å². The number of carboxylic acids is 1. The Hall–Kier alpha value is -0.940. The van der Waals surface area contributed by atoms with Crippen molar-refractivity contribution in [1.29, 1.82) is 0 Å². The first-order valence-electron chi connectivity index (χ1n) is 6.94. The summed E-state index contributed by atoms with van der Waals surface area (Å²) in [6, 6.07) is 5.18. The van der Waals surface area contributed by atoms with Gasteiger partial charge in [-0.25, -0.2) is 4.39 Å².